The average molecular weight is 250 g/mol. The Morgan fingerprint density at radius 2 is 2.06 bits per heavy atom. The van der Waals surface area contributed by atoms with Gasteiger partial charge >= 0.3 is 0 Å². The third-order valence-corrected chi connectivity index (χ3v) is 4.08. The Kier molecular flexibility index (Phi) is 5.17. The van der Waals surface area contributed by atoms with Gasteiger partial charge in [-0.05, 0) is 44.6 Å². The first kappa shape index (κ1) is 13.5. The van der Waals surface area contributed by atoms with Crippen molar-refractivity contribution in [1.29, 1.82) is 0 Å². The van der Waals surface area contributed by atoms with Crippen LogP contribution in [0.1, 0.15) is 69.4 Å². The minimum atomic E-state index is 0.584. The smallest absolute Gasteiger partial charge is 0.153 e. The van der Waals surface area contributed by atoms with E-state index < -0.39 is 0 Å². The summed E-state index contributed by atoms with van der Waals surface area (Å²) in [5.74, 6) is 3.57. The largest absolute Gasteiger partial charge is 0.330 e. The van der Waals surface area contributed by atoms with Crippen molar-refractivity contribution >= 4 is 0 Å². The molecule has 1 saturated carbocycles. The van der Waals surface area contributed by atoms with Crippen LogP contribution in [-0.4, -0.2) is 21.7 Å². The third-order valence-electron chi connectivity index (χ3n) is 4.08. The standard InChI is InChI=1S/C14H26N4/c1-2-4-11-6-8-12(9-7-11)14-16-13(17-18-14)5-3-10-15/h11-12H,2-10,15H2,1H3,(H,16,17,18). The first-order valence-corrected chi connectivity index (χ1v) is 7.44. The van der Waals surface area contributed by atoms with Crippen LogP contribution < -0.4 is 5.73 Å². The van der Waals surface area contributed by atoms with Crippen LogP contribution in [0.2, 0.25) is 0 Å². The SMILES string of the molecule is CCCC1CCC(c2n[nH]c(CCCN)n2)CC1. The summed E-state index contributed by atoms with van der Waals surface area (Å²) in [5, 5.41) is 7.44. The first-order valence-electron chi connectivity index (χ1n) is 7.44. The molecule has 0 aromatic carbocycles. The van der Waals surface area contributed by atoms with Gasteiger partial charge in [-0.15, -0.1) is 0 Å². The second kappa shape index (κ2) is 6.88. The lowest BCUT2D eigenvalue weighted by atomic mass is 9.80. The normalized spacial score (nSPS) is 24.3. The second-order valence-electron chi connectivity index (χ2n) is 5.54. The summed E-state index contributed by atoms with van der Waals surface area (Å²) < 4.78 is 0. The molecule has 1 aromatic heterocycles. The van der Waals surface area contributed by atoms with E-state index in [2.05, 4.69) is 22.1 Å². The minimum absolute atomic E-state index is 0.584. The molecule has 3 N–H and O–H groups in total. The first-order chi connectivity index (χ1) is 8.83. The van der Waals surface area contributed by atoms with Crippen LogP contribution in [0.5, 0.6) is 0 Å². The molecule has 0 unspecified atom stereocenters. The van der Waals surface area contributed by atoms with Gasteiger partial charge in [-0.2, -0.15) is 5.10 Å². The number of H-pyrrole nitrogens is 1. The van der Waals surface area contributed by atoms with Crippen LogP contribution in [0.4, 0.5) is 0 Å². The topological polar surface area (TPSA) is 67.6 Å². The van der Waals surface area contributed by atoms with E-state index in [1.807, 2.05) is 0 Å². The van der Waals surface area contributed by atoms with E-state index in [1.165, 1.54) is 38.5 Å². The second-order valence-corrected chi connectivity index (χ2v) is 5.54. The highest BCUT2D eigenvalue weighted by Gasteiger charge is 2.24. The molecule has 0 radical (unpaired) electrons. The number of nitrogens with two attached hydrogens (primary N) is 1. The molecule has 0 saturated heterocycles. The third kappa shape index (κ3) is 3.55. The van der Waals surface area contributed by atoms with Gasteiger partial charge in [0, 0.05) is 12.3 Å². The molecule has 1 aliphatic rings. The number of nitrogens with one attached hydrogen (secondary N) is 1. The predicted octanol–water partition coefficient (Wildman–Crippen LogP) is 2.77. The fourth-order valence-corrected chi connectivity index (χ4v) is 2.99. The zero-order chi connectivity index (χ0) is 12.8. The van der Waals surface area contributed by atoms with Crippen LogP contribution in [-0.2, 0) is 6.42 Å². The van der Waals surface area contributed by atoms with Gasteiger partial charge in [0.15, 0.2) is 5.82 Å². The molecular weight excluding hydrogens is 224 g/mol. The van der Waals surface area contributed by atoms with E-state index in [9.17, 15) is 0 Å². The number of hydrogen-bond acceptors (Lipinski definition) is 3. The van der Waals surface area contributed by atoms with Gasteiger partial charge in [0.1, 0.15) is 5.82 Å². The van der Waals surface area contributed by atoms with E-state index in [4.69, 9.17) is 5.73 Å². The van der Waals surface area contributed by atoms with Gasteiger partial charge in [-0.3, -0.25) is 5.10 Å². The number of nitrogens with zero attached hydrogens (tertiary/aromatic N) is 2. The van der Waals surface area contributed by atoms with Gasteiger partial charge in [0.2, 0.25) is 0 Å². The molecule has 1 aliphatic carbocycles. The van der Waals surface area contributed by atoms with Gasteiger partial charge in [0.05, 0.1) is 0 Å². The van der Waals surface area contributed by atoms with E-state index >= 15 is 0 Å². The maximum absolute atomic E-state index is 5.51. The van der Waals surface area contributed by atoms with Crippen LogP contribution in [0.3, 0.4) is 0 Å². The Hall–Kier alpha value is -0.900. The Balaban J connectivity index is 1.83. The van der Waals surface area contributed by atoms with Crippen molar-refractivity contribution in [1.82, 2.24) is 15.2 Å². The minimum Gasteiger partial charge on any atom is -0.330 e. The van der Waals surface area contributed by atoms with E-state index in [0.717, 1.165) is 37.0 Å². The fourth-order valence-electron chi connectivity index (χ4n) is 2.99. The molecular formula is C14H26N4. The average Bonchev–Trinajstić information content (AvgIpc) is 2.86. The van der Waals surface area contributed by atoms with Crippen LogP contribution in [0, 0.1) is 5.92 Å². The van der Waals surface area contributed by atoms with Gasteiger partial charge in [-0.1, -0.05) is 19.8 Å². The fraction of sp³-hybridized carbons (Fsp3) is 0.857. The van der Waals surface area contributed by atoms with Crippen molar-refractivity contribution in [2.24, 2.45) is 11.7 Å². The molecule has 1 heterocycles. The Morgan fingerprint density at radius 1 is 1.28 bits per heavy atom. The lowest BCUT2D eigenvalue weighted by Crippen LogP contribution is -2.14. The van der Waals surface area contributed by atoms with Crippen molar-refractivity contribution < 1.29 is 0 Å². The van der Waals surface area contributed by atoms with E-state index in [0.29, 0.717) is 5.92 Å². The zero-order valence-corrected chi connectivity index (χ0v) is 11.5. The van der Waals surface area contributed by atoms with Crippen LogP contribution in [0.15, 0.2) is 0 Å². The van der Waals surface area contributed by atoms with Gasteiger partial charge in [0.25, 0.3) is 0 Å². The number of aromatic nitrogens is 3. The monoisotopic (exact) mass is 250 g/mol. The van der Waals surface area contributed by atoms with E-state index in [-0.39, 0.29) is 0 Å². The number of hydrogen-bond donors (Lipinski definition) is 2. The molecule has 2 rings (SSSR count). The summed E-state index contributed by atoms with van der Waals surface area (Å²) in [6, 6.07) is 0. The van der Waals surface area contributed by atoms with Crippen LogP contribution in [0.25, 0.3) is 0 Å². The summed E-state index contributed by atoms with van der Waals surface area (Å²) in [6.45, 7) is 3.00. The zero-order valence-electron chi connectivity index (χ0n) is 11.5. The molecule has 4 heteroatoms. The lowest BCUT2D eigenvalue weighted by molar-refractivity contribution is 0.302. The maximum atomic E-state index is 5.51. The maximum Gasteiger partial charge on any atom is 0.153 e. The number of aromatic amines is 1. The molecule has 102 valence electrons. The quantitative estimate of drug-likeness (QED) is 0.815. The highest BCUT2D eigenvalue weighted by molar-refractivity contribution is 5.00. The molecule has 0 atom stereocenters. The highest BCUT2D eigenvalue weighted by Crippen LogP contribution is 2.36. The Labute approximate surface area is 110 Å². The van der Waals surface area contributed by atoms with Gasteiger partial charge < -0.3 is 5.73 Å². The van der Waals surface area contributed by atoms with Crippen molar-refractivity contribution in [2.75, 3.05) is 6.54 Å². The number of rotatable bonds is 6. The summed E-state index contributed by atoms with van der Waals surface area (Å²) in [4.78, 5) is 4.62. The molecule has 0 aliphatic heterocycles. The summed E-state index contributed by atoms with van der Waals surface area (Å²) in [6.07, 6.45) is 9.85. The van der Waals surface area contributed by atoms with Crippen molar-refractivity contribution in [2.45, 2.75) is 64.2 Å². The molecule has 1 fully saturated rings. The van der Waals surface area contributed by atoms with Crippen molar-refractivity contribution in [3.05, 3.63) is 11.6 Å². The Morgan fingerprint density at radius 3 is 2.72 bits per heavy atom. The molecule has 1 aromatic rings. The Bertz CT molecular complexity index is 339. The van der Waals surface area contributed by atoms with Crippen molar-refractivity contribution in [3.63, 3.8) is 0 Å². The van der Waals surface area contributed by atoms with Crippen LogP contribution >= 0.6 is 0 Å². The van der Waals surface area contributed by atoms with Gasteiger partial charge in [-0.25, -0.2) is 4.98 Å². The van der Waals surface area contributed by atoms with Crippen molar-refractivity contribution in [3.8, 4) is 0 Å². The summed E-state index contributed by atoms with van der Waals surface area (Å²) in [7, 11) is 0. The summed E-state index contributed by atoms with van der Waals surface area (Å²) >= 11 is 0. The highest BCUT2D eigenvalue weighted by atomic mass is 15.2. The molecule has 0 bridgehead atoms. The lowest BCUT2D eigenvalue weighted by Gasteiger charge is -2.26. The molecule has 0 spiro atoms. The van der Waals surface area contributed by atoms with E-state index in [1.54, 1.807) is 0 Å². The molecule has 4 nitrogen and oxygen atoms in total. The summed E-state index contributed by atoms with van der Waals surface area (Å²) in [5.41, 5.74) is 5.51. The number of aryl methyl sites for hydroxylation is 1. The molecule has 18 heavy (non-hydrogen) atoms. The molecule has 0 amide bonds. The predicted molar refractivity (Wildman–Crippen MR) is 73.4 cm³/mol.